The fraction of sp³-hybridized carbons (Fsp3) is 0.476. The molecule has 1 aromatic carbocycles. The standard InChI is InChI=1S/C21H27ClFN5O2/c1-12(2)9-16(19(24)29)25-21(30)18-17-11-27(3)7-4-8-28(17)20(26-18)14-10-13(22)5-6-15(14)23/h5-6,10,12,16H,4,7-9,11H2,1-3H3,(H2,24,29)(H,25,30). The number of carbonyl (C=O) groups is 2. The van der Waals surface area contributed by atoms with Crippen molar-refractivity contribution in [3.05, 3.63) is 40.4 Å². The van der Waals surface area contributed by atoms with Gasteiger partial charge in [-0.15, -0.1) is 0 Å². The molecule has 1 aliphatic rings. The average Bonchev–Trinajstić information content (AvgIpc) is 2.89. The molecule has 162 valence electrons. The van der Waals surface area contributed by atoms with Gasteiger partial charge in [0, 0.05) is 18.1 Å². The summed E-state index contributed by atoms with van der Waals surface area (Å²) in [6, 6.07) is 3.46. The number of hydrogen-bond acceptors (Lipinski definition) is 4. The van der Waals surface area contributed by atoms with Crippen molar-refractivity contribution in [3.63, 3.8) is 0 Å². The maximum absolute atomic E-state index is 14.6. The van der Waals surface area contributed by atoms with Gasteiger partial charge in [0.1, 0.15) is 17.7 Å². The molecule has 0 saturated heterocycles. The highest BCUT2D eigenvalue weighted by atomic mass is 35.5. The molecule has 1 aliphatic heterocycles. The van der Waals surface area contributed by atoms with Gasteiger partial charge in [-0.1, -0.05) is 25.4 Å². The molecule has 0 radical (unpaired) electrons. The van der Waals surface area contributed by atoms with E-state index in [1.165, 1.54) is 18.2 Å². The van der Waals surface area contributed by atoms with Gasteiger partial charge >= 0.3 is 0 Å². The van der Waals surface area contributed by atoms with Crippen molar-refractivity contribution in [3.8, 4) is 11.4 Å². The summed E-state index contributed by atoms with van der Waals surface area (Å²) in [5.74, 6) is -1.03. The third-order valence-corrected chi connectivity index (χ3v) is 5.39. The van der Waals surface area contributed by atoms with Crippen LogP contribution in [0.3, 0.4) is 0 Å². The van der Waals surface area contributed by atoms with Crippen molar-refractivity contribution in [1.29, 1.82) is 0 Å². The number of halogens is 2. The Hall–Kier alpha value is -2.45. The first-order valence-corrected chi connectivity index (χ1v) is 10.4. The fourth-order valence-electron chi connectivity index (χ4n) is 3.72. The van der Waals surface area contributed by atoms with Crippen molar-refractivity contribution in [2.75, 3.05) is 13.6 Å². The predicted molar refractivity (Wildman–Crippen MR) is 113 cm³/mol. The molecule has 1 atom stereocenters. The zero-order chi connectivity index (χ0) is 22.0. The fourth-order valence-corrected chi connectivity index (χ4v) is 3.89. The number of carbonyl (C=O) groups excluding carboxylic acids is 2. The second-order valence-corrected chi connectivity index (χ2v) is 8.59. The number of primary amides is 1. The van der Waals surface area contributed by atoms with Crippen LogP contribution in [0, 0.1) is 11.7 Å². The van der Waals surface area contributed by atoms with Gasteiger partial charge in [0.2, 0.25) is 5.91 Å². The number of amides is 2. The van der Waals surface area contributed by atoms with Gasteiger partial charge in [-0.05, 0) is 50.6 Å². The minimum Gasteiger partial charge on any atom is -0.368 e. The van der Waals surface area contributed by atoms with Gasteiger partial charge in [0.15, 0.2) is 5.69 Å². The first kappa shape index (κ1) is 22.2. The van der Waals surface area contributed by atoms with Crippen LogP contribution >= 0.6 is 11.6 Å². The van der Waals surface area contributed by atoms with E-state index in [0.717, 1.165) is 13.0 Å². The molecule has 9 heteroatoms. The Morgan fingerprint density at radius 3 is 2.73 bits per heavy atom. The number of hydrogen-bond donors (Lipinski definition) is 2. The van der Waals surface area contributed by atoms with Crippen LogP contribution < -0.4 is 11.1 Å². The molecule has 3 rings (SSSR count). The zero-order valence-electron chi connectivity index (χ0n) is 17.4. The molecule has 2 heterocycles. The molecule has 2 aromatic rings. The highest BCUT2D eigenvalue weighted by Crippen LogP contribution is 2.30. The van der Waals surface area contributed by atoms with E-state index in [0.29, 0.717) is 36.1 Å². The van der Waals surface area contributed by atoms with E-state index in [1.54, 1.807) is 0 Å². The Kier molecular flexibility index (Phi) is 6.77. The summed E-state index contributed by atoms with van der Waals surface area (Å²) in [5, 5.41) is 3.09. The summed E-state index contributed by atoms with van der Waals surface area (Å²) in [6.07, 6.45) is 1.25. The van der Waals surface area contributed by atoms with Crippen molar-refractivity contribution < 1.29 is 14.0 Å². The van der Waals surface area contributed by atoms with Gasteiger partial charge < -0.3 is 20.5 Å². The maximum Gasteiger partial charge on any atom is 0.272 e. The van der Waals surface area contributed by atoms with Crippen LogP contribution in [0.2, 0.25) is 5.02 Å². The minimum atomic E-state index is -0.801. The Balaban J connectivity index is 2.06. The molecule has 0 aliphatic carbocycles. The van der Waals surface area contributed by atoms with Gasteiger partial charge in [-0.2, -0.15) is 0 Å². The molecule has 1 aromatic heterocycles. The van der Waals surface area contributed by atoms with Gasteiger partial charge in [-0.25, -0.2) is 9.37 Å². The van der Waals surface area contributed by atoms with Gasteiger partial charge in [-0.3, -0.25) is 9.59 Å². The Morgan fingerprint density at radius 1 is 1.33 bits per heavy atom. The van der Waals surface area contributed by atoms with E-state index in [9.17, 15) is 14.0 Å². The number of aromatic nitrogens is 2. The number of benzene rings is 1. The van der Waals surface area contributed by atoms with Crippen LogP contribution in [0.25, 0.3) is 11.4 Å². The van der Waals surface area contributed by atoms with Crippen LogP contribution in [0.1, 0.15) is 42.9 Å². The average molecular weight is 436 g/mol. The first-order chi connectivity index (χ1) is 14.2. The van der Waals surface area contributed by atoms with Crippen LogP contribution in [0.15, 0.2) is 18.2 Å². The summed E-state index contributed by atoms with van der Waals surface area (Å²) in [5.41, 5.74) is 6.56. The second kappa shape index (κ2) is 9.14. The molecule has 1 unspecified atom stereocenters. The van der Waals surface area contributed by atoms with E-state index in [2.05, 4.69) is 15.2 Å². The lowest BCUT2D eigenvalue weighted by atomic mass is 10.0. The molecule has 7 nitrogen and oxygen atoms in total. The van der Waals surface area contributed by atoms with E-state index >= 15 is 0 Å². The van der Waals surface area contributed by atoms with Crippen LogP contribution in [0.5, 0.6) is 0 Å². The molecule has 0 fully saturated rings. The van der Waals surface area contributed by atoms with Crippen molar-refractivity contribution in [1.82, 2.24) is 19.8 Å². The zero-order valence-corrected chi connectivity index (χ0v) is 18.2. The smallest absolute Gasteiger partial charge is 0.272 e. The molecule has 0 spiro atoms. The molecular formula is C21H27ClFN5O2. The summed E-state index contributed by atoms with van der Waals surface area (Å²) in [6.45, 7) is 5.78. The molecule has 0 saturated carbocycles. The topological polar surface area (TPSA) is 93.2 Å². The minimum absolute atomic E-state index is 0.171. The maximum atomic E-state index is 14.6. The molecule has 2 amide bonds. The van der Waals surface area contributed by atoms with E-state index in [1.807, 2.05) is 25.5 Å². The first-order valence-electron chi connectivity index (χ1n) is 10.0. The summed E-state index contributed by atoms with van der Waals surface area (Å²) < 4.78 is 16.5. The number of nitrogens with two attached hydrogens (primary N) is 1. The lowest BCUT2D eigenvalue weighted by Gasteiger charge is -2.18. The summed E-state index contributed by atoms with van der Waals surface area (Å²) in [7, 11) is 1.95. The molecule has 3 N–H and O–H groups in total. The van der Waals surface area contributed by atoms with Crippen molar-refractivity contribution in [2.24, 2.45) is 11.7 Å². The van der Waals surface area contributed by atoms with Crippen molar-refractivity contribution >= 4 is 23.4 Å². The monoisotopic (exact) mass is 435 g/mol. The normalized spacial score (nSPS) is 15.5. The SMILES string of the molecule is CC(C)CC(NC(=O)c1nc(-c2cc(Cl)ccc2F)n2c1CN(C)CCC2)C(N)=O. The van der Waals surface area contributed by atoms with Crippen LogP contribution in [-0.4, -0.2) is 45.9 Å². The number of nitrogens with one attached hydrogen (secondary N) is 1. The van der Waals surface area contributed by atoms with E-state index < -0.39 is 23.7 Å². The van der Waals surface area contributed by atoms with E-state index in [-0.39, 0.29) is 17.2 Å². The lowest BCUT2D eigenvalue weighted by Crippen LogP contribution is -2.45. The van der Waals surface area contributed by atoms with Crippen LogP contribution in [0.4, 0.5) is 4.39 Å². The molecule has 0 bridgehead atoms. The quantitative estimate of drug-likeness (QED) is 0.729. The van der Waals surface area contributed by atoms with Crippen molar-refractivity contribution in [2.45, 2.75) is 45.8 Å². The third kappa shape index (κ3) is 4.82. The molecule has 30 heavy (non-hydrogen) atoms. The van der Waals surface area contributed by atoms with E-state index in [4.69, 9.17) is 17.3 Å². The van der Waals surface area contributed by atoms with Gasteiger partial charge in [0.25, 0.3) is 5.91 Å². The largest absolute Gasteiger partial charge is 0.368 e. The number of imidazole rings is 1. The Morgan fingerprint density at radius 2 is 2.07 bits per heavy atom. The summed E-state index contributed by atoms with van der Waals surface area (Å²) in [4.78, 5) is 31.5. The van der Waals surface area contributed by atoms with Crippen LogP contribution in [-0.2, 0) is 17.9 Å². The Bertz CT molecular complexity index is 959. The second-order valence-electron chi connectivity index (χ2n) is 8.16. The predicted octanol–water partition coefficient (Wildman–Crippen LogP) is 2.81. The lowest BCUT2D eigenvalue weighted by molar-refractivity contribution is -0.120. The highest BCUT2D eigenvalue weighted by molar-refractivity contribution is 6.30. The number of fused-ring (bicyclic) bond motifs is 1. The third-order valence-electron chi connectivity index (χ3n) is 5.15. The molecular weight excluding hydrogens is 409 g/mol. The number of nitrogens with zero attached hydrogens (tertiary/aromatic N) is 3. The summed E-state index contributed by atoms with van der Waals surface area (Å²) >= 11 is 6.08. The number of rotatable bonds is 6. The highest BCUT2D eigenvalue weighted by Gasteiger charge is 2.29. The van der Waals surface area contributed by atoms with Gasteiger partial charge in [0.05, 0.1) is 11.3 Å². The Labute approximate surface area is 180 Å².